The van der Waals surface area contributed by atoms with Crippen molar-refractivity contribution in [1.82, 2.24) is 10.2 Å². The summed E-state index contributed by atoms with van der Waals surface area (Å²) in [5.41, 5.74) is 2.03. The molecule has 1 aromatic heterocycles. The first-order valence-corrected chi connectivity index (χ1v) is 6.82. The van der Waals surface area contributed by atoms with Gasteiger partial charge in [0, 0.05) is 11.1 Å². The summed E-state index contributed by atoms with van der Waals surface area (Å²) in [5, 5.41) is 10.3. The van der Waals surface area contributed by atoms with E-state index >= 15 is 0 Å². The molecule has 0 unspecified atom stereocenters. The molecule has 1 heterocycles. The van der Waals surface area contributed by atoms with Gasteiger partial charge in [0.2, 0.25) is 0 Å². The maximum atomic E-state index is 11.2. The van der Waals surface area contributed by atoms with E-state index in [1.807, 2.05) is 18.2 Å². The van der Waals surface area contributed by atoms with Gasteiger partial charge in [0.15, 0.2) is 23.0 Å². The van der Waals surface area contributed by atoms with Crippen LogP contribution in [0.4, 0.5) is 6.01 Å². The summed E-state index contributed by atoms with van der Waals surface area (Å²) in [5.74, 6) is -0.861. The SMILES string of the molecule is CC1=CC=C(Nc2nnc(C(=O)OI)o2)C=CC1(C)C. The summed E-state index contributed by atoms with van der Waals surface area (Å²) in [6, 6.07) is 0.142. The minimum Gasteiger partial charge on any atom is -0.397 e. The lowest BCUT2D eigenvalue weighted by Gasteiger charge is -2.19. The van der Waals surface area contributed by atoms with Crippen LogP contribution in [0.25, 0.3) is 0 Å². The fourth-order valence-electron chi connectivity index (χ4n) is 1.51. The van der Waals surface area contributed by atoms with Gasteiger partial charge in [0.1, 0.15) is 0 Å². The second kappa shape index (κ2) is 5.78. The van der Waals surface area contributed by atoms with Crippen LogP contribution in [0.1, 0.15) is 31.5 Å². The Bertz CT molecular complexity index is 614. The summed E-state index contributed by atoms with van der Waals surface area (Å²) in [4.78, 5) is 11.2. The molecule has 0 fully saturated rings. The molecule has 0 bridgehead atoms. The average molecular weight is 387 g/mol. The number of halogens is 1. The molecule has 0 aliphatic heterocycles. The maximum Gasteiger partial charge on any atom is 0.405 e. The maximum absolute atomic E-state index is 11.2. The van der Waals surface area contributed by atoms with Crippen molar-refractivity contribution < 1.29 is 12.3 Å². The molecule has 1 aromatic rings. The highest BCUT2D eigenvalue weighted by molar-refractivity contribution is 14.1. The van der Waals surface area contributed by atoms with Crippen LogP contribution in [0.5, 0.6) is 0 Å². The summed E-state index contributed by atoms with van der Waals surface area (Å²) >= 11 is 1.46. The molecule has 1 aliphatic rings. The lowest BCUT2D eigenvalue weighted by Crippen LogP contribution is -2.08. The second-order valence-electron chi connectivity index (χ2n) is 4.93. The first-order chi connectivity index (χ1) is 9.42. The van der Waals surface area contributed by atoms with Gasteiger partial charge in [0.25, 0.3) is 0 Å². The Morgan fingerprint density at radius 3 is 2.85 bits per heavy atom. The Hall–Kier alpha value is -1.64. The summed E-state index contributed by atoms with van der Waals surface area (Å²) in [7, 11) is 0. The van der Waals surface area contributed by atoms with Crippen LogP contribution in [-0.4, -0.2) is 16.2 Å². The number of carbonyl (C=O) groups excluding carboxylic acids is 1. The van der Waals surface area contributed by atoms with Crippen molar-refractivity contribution in [2.45, 2.75) is 20.8 Å². The molecule has 0 saturated carbocycles. The number of aromatic nitrogens is 2. The van der Waals surface area contributed by atoms with E-state index in [-0.39, 0.29) is 17.3 Å². The quantitative estimate of drug-likeness (QED) is 0.802. The largest absolute Gasteiger partial charge is 0.405 e. The van der Waals surface area contributed by atoms with Crippen molar-refractivity contribution >= 4 is 35.0 Å². The lowest BCUT2D eigenvalue weighted by atomic mass is 9.85. The zero-order chi connectivity index (χ0) is 14.8. The Morgan fingerprint density at radius 2 is 2.15 bits per heavy atom. The van der Waals surface area contributed by atoms with Gasteiger partial charge >= 0.3 is 17.9 Å². The molecular formula is C13H14IN3O3. The van der Waals surface area contributed by atoms with Crippen molar-refractivity contribution in [2.75, 3.05) is 5.32 Å². The van der Waals surface area contributed by atoms with Gasteiger partial charge in [-0.2, -0.15) is 0 Å². The fourth-order valence-corrected chi connectivity index (χ4v) is 1.70. The highest BCUT2D eigenvalue weighted by atomic mass is 127. The van der Waals surface area contributed by atoms with Crippen molar-refractivity contribution in [3.05, 3.63) is 41.5 Å². The van der Waals surface area contributed by atoms with Crippen molar-refractivity contribution in [1.29, 1.82) is 0 Å². The second-order valence-corrected chi connectivity index (χ2v) is 5.37. The van der Waals surface area contributed by atoms with Crippen LogP contribution in [0.2, 0.25) is 0 Å². The highest BCUT2D eigenvalue weighted by Gasteiger charge is 2.19. The van der Waals surface area contributed by atoms with E-state index in [1.165, 1.54) is 28.6 Å². The smallest absolute Gasteiger partial charge is 0.397 e. The molecule has 0 amide bonds. The van der Waals surface area contributed by atoms with Gasteiger partial charge in [-0.15, -0.1) is 0 Å². The summed E-state index contributed by atoms with van der Waals surface area (Å²) in [6.07, 6.45) is 7.97. The lowest BCUT2D eigenvalue weighted by molar-refractivity contribution is 0.0761. The van der Waals surface area contributed by atoms with E-state index < -0.39 is 5.97 Å². The number of carbonyl (C=O) groups is 1. The Morgan fingerprint density at radius 1 is 1.40 bits per heavy atom. The first-order valence-electron chi connectivity index (χ1n) is 5.94. The van der Waals surface area contributed by atoms with Gasteiger partial charge in [-0.25, -0.2) is 4.79 Å². The third kappa shape index (κ3) is 3.27. The summed E-state index contributed by atoms with van der Waals surface area (Å²) < 4.78 is 9.62. The Labute approximate surface area is 130 Å². The van der Waals surface area contributed by atoms with Crippen molar-refractivity contribution in [3.8, 4) is 0 Å². The molecule has 2 rings (SSSR count). The van der Waals surface area contributed by atoms with Crippen LogP contribution in [0, 0.1) is 5.41 Å². The average Bonchev–Trinajstić information content (AvgIpc) is 2.84. The predicted molar refractivity (Wildman–Crippen MR) is 82.1 cm³/mol. The highest BCUT2D eigenvalue weighted by Crippen LogP contribution is 2.30. The van der Waals surface area contributed by atoms with E-state index in [0.717, 1.165) is 5.70 Å². The first kappa shape index (κ1) is 14.8. The number of rotatable bonds is 3. The van der Waals surface area contributed by atoms with Gasteiger partial charge in [0.05, 0.1) is 0 Å². The molecular weight excluding hydrogens is 373 g/mol. The molecule has 0 saturated heterocycles. The van der Waals surface area contributed by atoms with Gasteiger partial charge in [-0.05, 0) is 19.1 Å². The van der Waals surface area contributed by atoms with Gasteiger partial charge in [-0.3, -0.25) is 0 Å². The minimum atomic E-state index is -0.673. The molecule has 6 nitrogen and oxygen atoms in total. The number of allylic oxidation sites excluding steroid dienone is 5. The van der Waals surface area contributed by atoms with Gasteiger partial charge in [-0.1, -0.05) is 41.8 Å². The molecule has 106 valence electrons. The van der Waals surface area contributed by atoms with E-state index in [0.29, 0.717) is 0 Å². The molecule has 0 spiro atoms. The monoisotopic (exact) mass is 387 g/mol. The number of anilines is 1. The number of nitrogens with one attached hydrogen (secondary N) is 1. The van der Waals surface area contributed by atoms with E-state index in [9.17, 15) is 4.79 Å². The molecule has 20 heavy (non-hydrogen) atoms. The van der Waals surface area contributed by atoms with Crippen LogP contribution < -0.4 is 5.32 Å². The zero-order valence-corrected chi connectivity index (χ0v) is 13.5. The zero-order valence-electron chi connectivity index (χ0n) is 11.3. The fraction of sp³-hybridized carbons (Fsp3) is 0.308. The third-order valence-corrected chi connectivity index (χ3v) is 3.53. The van der Waals surface area contributed by atoms with E-state index in [4.69, 9.17) is 4.42 Å². The number of hydrogen-bond donors (Lipinski definition) is 1. The van der Waals surface area contributed by atoms with Crippen LogP contribution in [0.3, 0.4) is 0 Å². The van der Waals surface area contributed by atoms with Gasteiger partial charge < -0.3 is 12.8 Å². The predicted octanol–water partition coefficient (Wildman–Crippen LogP) is 3.41. The minimum absolute atomic E-state index is 0.00898. The molecule has 1 aliphatic carbocycles. The van der Waals surface area contributed by atoms with E-state index in [2.05, 4.69) is 45.4 Å². The van der Waals surface area contributed by atoms with Crippen LogP contribution in [0.15, 0.2) is 40.0 Å². The van der Waals surface area contributed by atoms with Crippen LogP contribution >= 0.6 is 23.0 Å². The Balaban J connectivity index is 2.15. The Kier molecular flexibility index (Phi) is 4.26. The molecule has 7 heteroatoms. The summed E-state index contributed by atoms with van der Waals surface area (Å²) in [6.45, 7) is 6.34. The third-order valence-electron chi connectivity index (χ3n) is 3.13. The number of hydrogen-bond acceptors (Lipinski definition) is 6. The standard InChI is InChI=1S/C13H14IN3O3/c1-8-4-5-9(6-7-13(8,2)3)15-12-17-16-10(19-12)11(18)20-14/h4-7H,1-3H3,(H,15,17). The molecule has 0 aromatic carbocycles. The van der Waals surface area contributed by atoms with E-state index in [1.54, 1.807) is 0 Å². The molecule has 0 atom stereocenters. The number of nitrogens with zero attached hydrogens (tertiary/aromatic N) is 2. The van der Waals surface area contributed by atoms with Crippen molar-refractivity contribution in [2.24, 2.45) is 5.41 Å². The van der Waals surface area contributed by atoms with Crippen molar-refractivity contribution in [3.63, 3.8) is 0 Å². The molecule has 1 N–H and O–H groups in total. The topological polar surface area (TPSA) is 77.2 Å². The van der Waals surface area contributed by atoms with Crippen LogP contribution in [-0.2, 0) is 3.07 Å². The molecule has 0 radical (unpaired) electrons. The normalized spacial score (nSPS) is 17.0.